The van der Waals surface area contributed by atoms with Crippen molar-refractivity contribution in [2.24, 2.45) is 0 Å². The number of carbonyl (C=O) groups is 1. The summed E-state index contributed by atoms with van der Waals surface area (Å²) in [6, 6.07) is 7.97. The molecule has 1 aromatic carbocycles. The van der Waals surface area contributed by atoms with E-state index < -0.39 is 0 Å². The highest BCUT2D eigenvalue weighted by Gasteiger charge is 2.10. The Labute approximate surface area is 142 Å². The van der Waals surface area contributed by atoms with Gasteiger partial charge in [0.25, 0.3) is 5.91 Å². The lowest BCUT2D eigenvalue weighted by Crippen LogP contribution is -2.24. The number of hydrogen-bond acceptors (Lipinski definition) is 5. The zero-order valence-electron chi connectivity index (χ0n) is 12.4. The van der Waals surface area contributed by atoms with E-state index in [2.05, 4.69) is 15.3 Å². The Kier molecular flexibility index (Phi) is 4.73. The molecule has 23 heavy (non-hydrogen) atoms. The number of hydrogen-bond donors (Lipinski definition) is 1. The van der Waals surface area contributed by atoms with Gasteiger partial charge in [0.05, 0.1) is 11.9 Å². The molecule has 5 nitrogen and oxygen atoms in total. The molecule has 0 aliphatic rings. The Morgan fingerprint density at radius 3 is 2.83 bits per heavy atom. The number of halogens is 1. The smallest absolute Gasteiger partial charge is 0.263 e. The molecule has 7 heteroatoms. The van der Waals surface area contributed by atoms with E-state index in [1.54, 1.807) is 6.26 Å². The number of aromatic nitrogens is 2. The van der Waals surface area contributed by atoms with Gasteiger partial charge in [0.1, 0.15) is 11.1 Å². The highest BCUT2D eigenvalue weighted by molar-refractivity contribution is 7.17. The van der Waals surface area contributed by atoms with Gasteiger partial charge in [-0.3, -0.25) is 4.79 Å². The highest BCUT2D eigenvalue weighted by Crippen LogP contribution is 2.19. The summed E-state index contributed by atoms with van der Waals surface area (Å²) >= 11 is 6.86. The summed E-state index contributed by atoms with van der Waals surface area (Å²) in [5.41, 5.74) is 2.92. The molecule has 2 aromatic heterocycles. The average Bonchev–Trinajstić information content (AvgIpc) is 3.17. The van der Waals surface area contributed by atoms with Crippen LogP contribution < -0.4 is 5.32 Å². The first-order chi connectivity index (χ1) is 11.1. The van der Waals surface area contributed by atoms with Gasteiger partial charge in [0, 0.05) is 18.5 Å². The number of amides is 1. The predicted molar refractivity (Wildman–Crippen MR) is 89.8 cm³/mol. The Bertz CT molecular complexity index is 811. The molecule has 0 aliphatic carbocycles. The summed E-state index contributed by atoms with van der Waals surface area (Å²) in [6.07, 6.45) is 3.67. The monoisotopic (exact) mass is 347 g/mol. The molecule has 3 aromatic rings. The fourth-order valence-electron chi connectivity index (χ4n) is 2.00. The summed E-state index contributed by atoms with van der Waals surface area (Å²) in [5.74, 6) is 0.400. The first kappa shape index (κ1) is 15.7. The van der Waals surface area contributed by atoms with E-state index in [-0.39, 0.29) is 5.91 Å². The van der Waals surface area contributed by atoms with Crippen LogP contribution in [0.4, 0.5) is 0 Å². The predicted octanol–water partition coefficient (Wildman–Crippen LogP) is 3.73. The number of aryl methyl sites for hydroxylation is 1. The van der Waals surface area contributed by atoms with Crippen LogP contribution in [0.5, 0.6) is 0 Å². The molecule has 3 rings (SSSR count). The number of nitrogens with zero attached hydrogens (tertiary/aromatic N) is 2. The quantitative estimate of drug-likeness (QED) is 0.763. The van der Waals surface area contributed by atoms with Crippen molar-refractivity contribution in [3.05, 3.63) is 57.3 Å². The van der Waals surface area contributed by atoms with Crippen LogP contribution in [0.15, 0.2) is 41.1 Å². The molecule has 1 amide bonds. The first-order valence-electron chi connectivity index (χ1n) is 7.03. The second-order valence-corrected chi connectivity index (χ2v) is 6.61. The van der Waals surface area contributed by atoms with E-state index in [1.807, 2.05) is 31.2 Å². The summed E-state index contributed by atoms with van der Waals surface area (Å²) in [4.78, 5) is 20.6. The van der Waals surface area contributed by atoms with Crippen molar-refractivity contribution in [2.75, 3.05) is 6.54 Å². The Morgan fingerprint density at radius 2 is 2.13 bits per heavy atom. The van der Waals surface area contributed by atoms with E-state index in [4.69, 9.17) is 16.0 Å². The minimum Gasteiger partial charge on any atom is -0.444 e. The molecule has 2 heterocycles. The number of carbonyl (C=O) groups excluding carboxylic acids is 1. The van der Waals surface area contributed by atoms with Crippen LogP contribution in [0.1, 0.15) is 20.9 Å². The molecular formula is C16H14ClN3O2S. The van der Waals surface area contributed by atoms with E-state index >= 15 is 0 Å². The third-order valence-corrected chi connectivity index (χ3v) is 4.33. The molecule has 0 saturated carbocycles. The molecule has 0 fully saturated rings. The molecule has 0 aliphatic heterocycles. The second kappa shape index (κ2) is 6.93. The molecular weight excluding hydrogens is 334 g/mol. The summed E-state index contributed by atoms with van der Waals surface area (Å²) < 4.78 is 5.84. The van der Waals surface area contributed by atoms with Gasteiger partial charge in [-0.25, -0.2) is 9.97 Å². The average molecular weight is 348 g/mol. The van der Waals surface area contributed by atoms with Gasteiger partial charge in [-0.2, -0.15) is 0 Å². The van der Waals surface area contributed by atoms with Gasteiger partial charge in [-0.05, 0) is 19.1 Å². The SMILES string of the molecule is Cc1ccc(-c2nc(CCNC(=O)c3cnc(Cl)s3)co2)cc1. The van der Waals surface area contributed by atoms with Crippen LogP contribution in [0.2, 0.25) is 4.47 Å². The molecule has 0 atom stereocenters. The van der Waals surface area contributed by atoms with Crippen LogP contribution in [-0.4, -0.2) is 22.4 Å². The normalized spacial score (nSPS) is 10.7. The van der Waals surface area contributed by atoms with Crippen LogP contribution in [0, 0.1) is 6.92 Å². The maximum absolute atomic E-state index is 11.9. The van der Waals surface area contributed by atoms with E-state index in [9.17, 15) is 4.79 Å². The number of benzene rings is 1. The number of thiazole rings is 1. The van der Waals surface area contributed by atoms with Crippen molar-refractivity contribution in [1.82, 2.24) is 15.3 Å². The molecule has 1 N–H and O–H groups in total. The zero-order valence-corrected chi connectivity index (χ0v) is 13.9. The lowest BCUT2D eigenvalue weighted by molar-refractivity contribution is 0.0958. The third-order valence-electron chi connectivity index (χ3n) is 3.22. The number of nitrogens with one attached hydrogen (secondary N) is 1. The van der Waals surface area contributed by atoms with E-state index in [0.717, 1.165) is 22.6 Å². The Hall–Kier alpha value is -2.18. The minimum atomic E-state index is -0.184. The Balaban J connectivity index is 1.55. The van der Waals surface area contributed by atoms with Crippen molar-refractivity contribution in [2.45, 2.75) is 13.3 Å². The summed E-state index contributed by atoms with van der Waals surface area (Å²) in [6.45, 7) is 2.50. The van der Waals surface area contributed by atoms with E-state index in [1.165, 1.54) is 11.8 Å². The number of oxazole rings is 1. The fraction of sp³-hybridized carbons (Fsp3) is 0.188. The van der Waals surface area contributed by atoms with E-state index in [0.29, 0.717) is 28.2 Å². The second-order valence-electron chi connectivity index (χ2n) is 4.99. The number of rotatable bonds is 5. The molecule has 0 radical (unpaired) electrons. The first-order valence-corrected chi connectivity index (χ1v) is 8.22. The largest absolute Gasteiger partial charge is 0.444 e. The van der Waals surface area contributed by atoms with Crippen molar-refractivity contribution in [3.63, 3.8) is 0 Å². The van der Waals surface area contributed by atoms with Crippen LogP contribution in [0.25, 0.3) is 11.5 Å². The highest BCUT2D eigenvalue weighted by atomic mass is 35.5. The van der Waals surface area contributed by atoms with Crippen LogP contribution >= 0.6 is 22.9 Å². The third kappa shape index (κ3) is 3.97. The van der Waals surface area contributed by atoms with Gasteiger partial charge < -0.3 is 9.73 Å². The molecule has 0 unspecified atom stereocenters. The van der Waals surface area contributed by atoms with Gasteiger partial charge in [0.2, 0.25) is 5.89 Å². The van der Waals surface area contributed by atoms with Crippen molar-refractivity contribution < 1.29 is 9.21 Å². The Morgan fingerprint density at radius 1 is 1.35 bits per heavy atom. The maximum Gasteiger partial charge on any atom is 0.263 e. The fourth-order valence-corrected chi connectivity index (χ4v) is 2.85. The topological polar surface area (TPSA) is 68.0 Å². The maximum atomic E-state index is 11.9. The molecule has 0 saturated heterocycles. The van der Waals surface area contributed by atoms with Crippen LogP contribution in [-0.2, 0) is 6.42 Å². The van der Waals surface area contributed by atoms with Gasteiger partial charge in [0.15, 0.2) is 4.47 Å². The van der Waals surface area contributed by atoms with Crippen molar-refractivity contribution in [1.29, 1.82) is 0 Å². The minimum absolute atomic E-state index is 0.184. The lowest BCUT2D eigenvalue weighted by Gasteiger charge is -2.00. The van der Waals surface area contributed by atoms with Gasteiger partial charge >= 0.3 is 0 Å². The standard InChI is InChI=1S/C16H14ClN3O2S/c1-10-2-4-11(5-3-10)15-20-12(9-22-15)6-7-18-14(21)13-8-19-16(17)23-13/h2-5,8-9H,6-7H2,1H3,(H,18,21). The van der Waals surface area contributed by atoms with Gasteiger partial charge in [-0.1, -0.05) is 40.6 Å². The molecule has 0 spiro atoms. The van der Waals surface area contributed by atoms with Crippen molar-refractivity contribution in [3.8, 4) is 11.5 Å². The zero-order chi connectivity index (χ0) is 16.2. The molecule has 118 valence electrons. The van der Waals surface area contributed by atoms with Crippen LogP contribution in [0.3, 0.4) is 0 Å². The summed E-state index contributed by atoms with van der Waals surface area (Å²) in [5, 5.41) is 2.81. The summed E-state index contributed by atoms with van der Waals surface area (Å²) in [7, 11) is 0. The lowest BCUT2D eigenvalue weighted by atomic mass is 10.1. The molecule has 0 bridgehead atoms. The van der Waals surface area contributed by atoms with Crippen molar-refractivity contribution >= 4 is 28.8 Å². The van der Waals surface area contributed by atoms with Gasteiger partial charge in [-0.15, -0.1) is 0 Å².